The Balaban J connectivity index is 1.56. The minimum Gasteiger partial charge on any atom is -0.386 e. The highest BCUT2D eigenvalue weighted by Crippen LogP contribution is 2.23. The molecule has 26 heavy (non-hydrogen) atoms. The van der Waals surface area contributed by atoms with Crippen molar-refractivity contribution in [2.75, 3.05) is 24.5 Å². The smallest absolute Gasteiger partial charge is 0.225 e. The zero-order valence-electron chi connectivity index (χ0n) is 14.8. The lowest BCUT2D eigenvalue weighted by Gasteiger charge is -2.39. The van der Waals surface area contributed by atoms with Crippen molar-refractivity contribution in [3.8, 4) is 0 Å². The fourth-order valence-electron chi connectivity index (χ4n) is 3.24. The molecule has 138 valence electrons. The van der Waals surface area contributed by atoms with Crippen molar-refractivity contribution in [1.29, 1.82) is 0 Å². The molecule has 0 spiro atoms. The summed E-state index contributed by atoms with van der Waals surface area (Å²) in [5, 5.41) is 13.7. The molecule has 1 aromatic heterocycles. The first kappa shape index (κ1) is 18.3. The summed E-state index contributed by atoms with van der Waals surface area (Å²) >= 11 is 0. The maximum atomic E-state index is 13.2. The third kappa shape index (κ3) is 4.54. The molecule has 1 aromatic carbocycles. The van der Waals surface area contributed by atoms with Crippen LogP contribution >= 0.6 is 0 Å². The van der Waals surface area contributed by atoms with E-state index in [1.807, 2.05) is 4.90 Å². The van der Waals surface area contributed by atoms with Crippen LogP contribution < -0.4 is 10.2 Å². The minimum atomic E-state index is -1.02. The van der Waals surface area contributed by atoms with Gasteiger partial charge in [-0.1, -0.05) is 6.07 Å². The van der Waals surface area contributed by atoms with Crippen LogP contribution in [0, 0.1) is 12.7 Å². The van der Waals surface area contributed by atoms with Crippen LogP contribution in [-0.4, -0.2) is 46.2 Å². The van der Waals surface area contributed by atoms with Crippen molar-refractivity contribution < 1.29 is 14.3 Å². The number of carbonyl (C=O) groups excluding carboxylic acids is 1. The molecule has 1 atom stereocenters. The molecule has 0 aliphatic carbocycles. The number of anilines is 1. The largest absolute Gasteiger partial charge is 0.386 e. The number of amides is 1. The van der Waals surface area contributed by atoms with Crippen molar-refractivity contribution in [3.05, 3.63) is 53.6 Å². The molecule has 1 amide bonds. The van der Waals surface area contributed by atoms with Crippen LogP contribution in [-0.2, 0) is 11.2 Å². The zero-order valence-corrected chi connectivity index (χ0v) is 14.8. The molecule has 0 bridgehead atoms. The van der Waals surface area contributed by atoms with Gasteiger partial charge in [0.2, 0.25) is 11.9 Å². The number of nitrogens with one attached hydrogen (secondary N) is 1. The lowest BCUT2D eigenvalue weighted by molar-refractivity contribution is -0.121. The number of halogens is 1. The topological polar surface area (TPSA) is 78.4 Å². The summed E-state index contributed by atoms with van der Waals surface area (Å²) in [7, 11) is 0. The Hall–Kier alpha value is -2.54. The van der Waals surface area contributed by atoms with Gasteiger partial charge in [0, 0.05) is 25.5 Å². The Morgan fingerprint density at radius 2 is 2.15 bits per heavy atom. The summed E-state index contributed by atoms with van der Waals surface area (Å²) in [5.41, 5.74) is 0.494. The molecule has 6 nitrogen and oxygen atoms in total. The highest BCUT2D eigenvalue weighted by atomic mass is 19.1. The number of nitrogens with zero attached hydrogens (tertiary/aromatic N) is 3. The molecule has 0 unspecified atom stereocenters. The van der Waals surface area contributed by atoms with E-state index in [9.17, 15) is 14.3 Å². The van der Waals surface area contributed by atoms with Crippen molar-refractivity contribution in [2.45, 2.75) is 31.8 Å². The van der Waals surface area contributed by atoms with E-state index in [2.05, 4.69) is 15.3 Å². The van der Waals surface area contributed by atoms with E-state index >= 15 is 0 Å². The number of aromatic nitrogens is 2. The second kappa shape index (κ2) is 7.78. The van der Waals surface area contributed by atoms with Gasteiger partial charge < -0.3 is 15.3 Å². The van der Waals surface area contributed by atoms with Crippen LogP contribution in [0.15, 0.2) is 36.7 Å². The molecule has 1 saturated heterocycles. The number of β-amino-alcohol motifs (C(OH)–C–C–N with tert-alkyl or cyclic N) is 1. The molecule has 7 heteroatoms. The first-order valence-electron chi connectivity index (χ1n) is 8.71. The third-order valence-corrected chi connectivity index (χ3v) is 4.66. The Morgan fingerprint density at radius 1 is 1.38 bits per heavy atom. The predicted molar refractivity (Wildman–Crippen MR) is 96.3 cm³/mol. The summed E-state index contributed by atoms with van der Waals surface area (Å²) in [4.78, 5) is 22.6. The van der Waals surface area contributed by atoms with Gasteiger partial charge in [-0.25, -0.2) is 14.4 Å². The molecule has 2 N–H and O–H groups in total. The number of aryl methyl sites for hydroxylation is 1. The monoisotopic (exact) mass is 358 g/mol. The van der Waals surface area contributed by atoms with Crippen molar-refractivity contribution >= 4 is 11.9 Å². The Morgan fingerprint density at radius 3 is 2.88 bits per heavy atom. The number of hydrogen-bond donors (Lipinski definition) is 2. The highest BCUT2D eigenvalue weighted by molar-refractivity contribution is 5.79. The quantitative estimate of drug-likeness (QED) is 0.849. The number of hydrogen-bond acceptors (Lipinski definition) is 5. The average Bonchev–Trinajstić information content (AvgIpc) is 2.63. The van der Waals surface area contributed by atoms with Crippen LogP contribution in [0.2, 0.25) is 0 Å². The summed E-state index contributed by atoms with van der Waals surface area (Å²) in [5.74, 6) is 0.0755. The number of piperidine rings is 1. The fourth-order valence-corrected chi connectivity index (χ4v) is 3.24. The van der Waals surface area contributed by atoms with Gasteiger partial charge >= 0.3 is 0 Å². The molecule has 1 fully saturated rings. The molecule has 1 aliphatic rings. The maximum absolute atomic E-state index is 13.2. The van der Waals surface area contributed by atoms with E-state index in [0.717, 1.165) is 24.1 Å². The van der Waals surface area contributed by atoms with Crippen molar-refractivity contribution in [1.82, 2.24) is 15.3 Å². The van der Waals surface area contributed by atoms with E-state index < -0.39 is 5.60 Å². The lowest BCUT2D eigenvalue weighted by Crippen LogP contribution is -2.54. The van der Waals surface area contributed by atoms with Gasteiger partial charge in [0.1, 0.15) is 5.82 Å². The summed E-state index contributed by atoms with van der Waals surface area (Å²) < 4.78 is 13.2. The summed E-state index contributed by atoms with van der Waals surface area (Å²) in [6, 6.07) is 6.13. The third-order valence-electron chi connectivity index (χ3n) is 4.66. The van der Waals surface area contributed by atoms with Crippen LogP contribution in [0.1, 0.15) is 24.0 Å². The van der Waals surface area contributed by atoms with Gasteiger partial charge in [-0.2, -0.15) is 0 Å². The molecule has 3 rings (SSSR count). The highest BCUT2D eigenvalue weighted by Gasteiger charge is 2.34. The SMILES string of the molecule is Cc1cc(F)ccc1CC(=O)NC[C@]1(O)CCCN(c2ncccn2)C1. The second-order valence-electron chi connectivity index (χ2n) is 6.82. The molecule has 2 heterocycles. The van der Waals surface area contributed by atoms with Crippen LogP contribution in [0.25, 0.3) is 0 Å². The Labute approximate surface area is 152 Å². The molecule has 2 aromatic rings. The lowest BCUT2D eigenvalue weighted by atomic mass is 9.92. The number of aliphatic hydroxyl groups is 1. The minimum absolute atomic E-state index is 0.160. The number of rotatable bonds is 5. The summed E-state index contributed by atoms with van der Waals surface area (Å²) in [6.07, 6.45) is 4.90. The number of carbonyl (C=O) groups is 1. The Bertz CT molecular complexity index is 771. The molecular weight excluding hydrogens is 335 g/mol. The molecule has 1 aliphatic heterocycles. The molecular formula is C19H23FN4O2. The van der Waals surface area contributed by atoms with E-state index in [0.29, 0.717) is 18.9 Å². The standard InChI is InChI=1S/C19H23FN4O2/c1-14-10-16(20)5-4-15(14)11-17(25)23-12-19(26)6-2-9-24(13-19)18-21-7-3-8-22-18/h3-5,7-8,10,26H,2,6,9,11-13H2,1H3,(H,23,25)/t19-/m1/s1. The maximum Gasteiger partial charge on any atom is 0.225 e. The predicted octanol–water partition coefficient (Wildman–Crippen LogP) is 1.61. The molecule has 0 saturated carbocycles. The normalized spacial score (nSPS) is 20.0. The van der Waals surface area contributed by atoms with E-state index in [1.165, 1.54) is 12.1 Å². The van der Waals surface area contributed by atoms with Gasteiger partial charge in [-0.15, -0.1) is 0 Å². The van der Waals surface area contributed by atoms with E-state index in [1.54, 1.807) is 31.5 Å². The van der Waals surface area contributed by atoms with Crippen molar-refractivity contribution in [3.63, 3.8) is 0 Å². The summed E-state index contributed by atoms with van der Waals surface area (Å²) in [6.45, 7) is 3.08. The average molecular weight is 358 g/mol. The fraction of sp³-hybridized carbons (Fsp3) is 0.421. The molecule has 0 radical (unpaired) electrons. The van der Waals surface area contributed by atoms with Crippen LogP contribution in [0.3, 0.4) is 0 Å². The van der Waals surface area contributed by atoms with Crippen LogP contribution in [0.5, 0.6) is 0 Å². The van der Waals surface area contributed by atoms with Gasteiger partial charge in [0.05, 0.1) is 18.6 Å². The van der Waals surface area contributed by atoms with Gasteiger partial charge in [0.25, 0.3) is 0 Å². The second-order valence-corrected chi connectivity index (χ2v) is 6.82. The van der Waals surface area contributed by atoms with Gasteiger partial charge in [-0.3, -0.25) is 4.79 Å². The zero-order chi connectivity index (χ0) is 18.6. The van der Waals surface area contributed by atoms with E-state index in [-0.39, 0.29) is 24.7 Å². The Kier molecular flexibility index (Phi) is 5.46. The van der Waals surface area contributed by atoms with E-state index in [4.69, 9.17) is 0 Å². The first-order chi connectivity index (χ1) is 12.5. The first-order valence-corrected chi connectivity index (χ1v) is 8.71. The van der Waals surface area contributed by atoms with Gasteiger partial charge in [0.15, 0.2) is 0 Å². The number of benzene rings is 1. The van der Waals surface area contributed by atoms with Crippen molar-refractivity contribution in [2.24, 2.45) is 0 Å². The van der Waals surface area contributed by atoms with Crippen LogP contribution in [0.4, 0.5) is 10.3 Å². The van der Waals surface area contributed by atoms with Gasteiger partial charge in [-0.05, 0) is 49.1 Å².